The van der Waals surface area contributed by atoms with Gasteiger partial charge in [-0.25, -0.2) is 4.39 Å². The van der Waals surface area contributed by atoms with Crippen LogP contribution < -0.4 is 0 Å². The molecule has 82 valence electrons. The van der Waals surface area contributed by atoms with Crippen molar-refractivity contribution in [3.05, 3.63) is 34.1 Å². The van der Waals surface area contributed by atoms with Crippen LogP contribution in [0.25, 0.3) is 0 Å². The van der Waals surface area contributed by atoms with Gasteiger partial charge in [-0.05, 0) is 35.4 Å². The van der Waals surface area contributed by atoms with Crippen LogP contribution in [0.1, 0.15) is 31.7 Å². The van der Waals surface area contributed by atoms with Crippen LogP contribution in [0.2, 0.25) is 0 Å². The van der Waals surface area contributed by atoms with Gasteiger partial charge in [0.15, 0.2) is 0 Å². The van der Waals surface area contributed by atoms with E-state index in [1.165, 1.54) is 12.1 Å². The minimum absolute atomic E-state index is 0.111. The fourth-order valence-corrected chi connectivity index (χ4v) is 2.84. The van der Waals surface area contributed by atoms with E-state index in [0.29, 0.717) is 5.92 Å². The van der Waals surface area contributed by atoms with Gasteiger partial charge in [-0.3, -0.25) is 0 Å². The van der Waals surface area contributed by atoms with Crippen molar-refractivity contribution < 1.29 is 9.50 Å². The molecule has 1 aromatic rings. The SMILES string of the molecule is CC1(C)C(O)CC1c1ccc(F)cc1Br. The highest BCUT2D eigenvalue weighted by Gasteiger charge is 2.48. The Kier molecular flexibility index (Phi) is 2.63. The third-order valence-corrected chi connectivity index (χ3v) is 4.24. The Morgan fingerprint density at radius 2 is 2.13 bits per heavy atom. The highest BCUT2D eigenvalue weighted by atomic mass is 79.9. The van der Waals surface area contributed by atoms with Crippen LogP contribution in [0.5, 0.6) is 0 Å². The van der Waals surface area contributed by atoms with E-state index in [9.17, 15) is 9.50 Å². The molecule has 2 unspecified atom stereocenters. The first-order valence-corrected chi connectivity index (χ1v) is 5.85. The molecule has 1 fully saturated rings. The third-order valence-electron chi connectivity index (χ3n) is 3.55. The molecule has 0 saturated heterocycles. The highest BCUT2D eigenvalue weighted by molar-refractivity contribution is 9.10. The molecule has 1 aliphatic rings. The first kappa shape index (κ1) is 11.1. The van der Waals surface area contributed by atoms with E-state index in [2.05, 4.69) is 15.9 Å². The maximum atomic E-state index is 12.9. The molecule has 1 nitrogen and oxygen atoms in total. The summed E-state index contributed by atoms with van der Waals surface area (Å²) in [6.45, 7) is 4.09. The molecule has 1 aromatic carbocycles. The van der Waals surface area contributed by atoms with Crippen molar-refractivity contribution in [3.63, 3.8) is 0 Å². The first-order valence-electron chi connectivity index (χ1n) is 5.06. The average molecular weight is 273 g/mol. The number of hydrogen-bond acceptors (Lipinski definition) is 1. The normalized spacial score (nSPS) is 28.6. The van der Waals surface area contributed by atoms with Crippen LogP contribution >= 0.6 is 15.9 Å². The Morgan fingerprint density at radius 3 is 2.60 bits per heavy atom. The molecular formula is C12H14BrFO. The lowest BCUT2D eigenvalue weighted by Crippen LogP contribution is -2.47. The Morgan fingerprint density at radius 1 is 1.47 bits per heavy atom. The number of aliphatic hydroxyl groups excluding tert-OH is 1. The summed E-state index contributed by atoms with van der Waals surface area (Å²) < 4.78 is 13.7. The molecule has 1 saturated carbocycles. The van der Waals surface area contributed by atoms with Gasteiger partial charge in [0.25, 0.3) is 0 Å². The lowest BCUT2D eigenvalue weighted by Gasteiger charge is -2.50. The van der Waals surface area contributed by atoms with Crippen molar-refractivity contribution in [2.75, 3.05) is 0 Å². The second-order valence-electron chi connectivity index (χ2n) is 4.79. The van der Waals surface area contributed by atoms with Crippen molar-refractivity contribution in [2.45, 2.75) is 32.3 Å². The van der Waals surface area contributed by atoms with Crippen LogP contribution in [-0.4, -0.2) is 11.2 Å². The standard InChI is InChI=1S/C12H14BrFO/c1-12(2)9(6-11(12)15)8-4-3-7(14)5-10(8)13/h3-5,9,11,15H,6H2,1-2H3. The summed E-state index contributed by atoms with van der Waals surface area (Å²) in [5, 5.41) is 9.66. The van der Waals surface area contributed by atoms with Crippen molar-refractivity contribution in [3.8, 4) is 0 Å². The molecule has 0 spiro atoms. The molecule has 15 heavy (non-hydrogen) atoms. The maximum absolute atomic E-state index is 12.9. The smallest absolute Gasteiger partial charge is 0.124 e. The molecular weight excluding hydrogens is 259 g/mol. The monoisotopic (exact) mass is 272 g/mol. The van der Waals surface area contributed by atoms with E-state index in [1.54, 1.807) is 6.07 Å². The molecule has 0 heterocycles. The fourth-order valence-electron chi connectivity index (χ4n) is 2.21. The van der Waals surface area contributed by atoms with E-state index in [4.69, 9.17) is 0 Å². The zero-order valence-electron chi connectivity index (χ0n) is 8.80. The summed E-state index contributed by atoms with van der Waals surface area (Å²) in [5.74, 6) is 0.0748. The molecule has 3 heteroatoms. The van der Waals surface area contributed by atoms with Crippen molar-refractivity contribution >= 4 is 15.9 Å². The van der Waals surface area contributed by atoms with Gasteiger partial charge < -0.3 is 5.11 Å². The molecule has 1 aliphatic carbocycles. The van der Waals surface area contributed by atoms with Gasteiger partial charge in [0.1, 0.15) is 5.82 Å². The van der Waals surface area contributed by atoms with Gasteiger partial charge >= 0.3 is 0 Å². The number of benzene rings is 1. The Balaban J connectivity index is 2.32. The summed E-state index contributed by atoms with van der Waals surface area (Å²) in [7, 11) is 0. The van der Waals surface area contributed by atoms with Gasteiger partial charge in [0, 0.05) is 4.47 Å². The Labute approximate surface area is 97.4 Å². The van der Waals surface area contributed by atoms with Gasteiger partial charge in [0.05, 0.1) is 6.10 Å². The zero-order valence-corrected chi connectivity index (χ0v) is 10.4. The summed E-state index contributed by atoms with van der Waals surface area (Å²) in [6, 6.07) is 4.76. The second-order valence-corrected chi connectivity index (χ2v) is 5.65. The predicted molar refractivity (Wildman–Crippen MR) is 61.2 cm³/mol. The van der Waals surface area contributed by atoms with E-state index in [1.807, 2.05) is 13.8 Å². The highest BCUT2D eigenvalue weighted by Crippen LogP contribution is 2.53. The summed E-state index contributed by atoms with van der Waals surface area (Å²) >= 11 is 3.37. The number of rotatable bonds is 1. The minimum atomic E-state index is -0.251. The lowest BCUT2D eigenvalue weighted by molar-refractivity contribution is -0.0627. The Bertz CT molecular complexity index is 389. The quantitative estimate of drug-likeness (QED) is 0.830. The predicted octanol–water partition coefficient (Wildman–Crippen LogP) is 3.46. The van der Waals surface area contributed by atoms with Gasteiger partial charge in [-0.1, -0.05) is 35.8 Å². The summed E-state index contributed by atoms with van der Waals surface area (Å²) in [5.41, 5.74) is 0.979. The lowest BCUT2D eigenvalue weighted by atomic mass is 9.58. The second kappa shape index (κ2) is 3.56. The average Bonchev–Trinajstić information content (AvgIpc) is 2.15. The zero-order chi connectivity index (χ0) is 11.2. The van der Waals surface area contributed by atoms with Crippen molar-refractivity contribution in [2.24, 2.45) is 5.41 Å². The molecule has 2 rings (SSSR count). The fraction of sp³-hybridized carbons (Fsp3) is 0.500. The Hall–Kier alpha value is -0.410. The van der Waals surface area contributed by atoms with Crippen LogP contribution in [0.15, 0.2) is 22.7 Å². The van der Waals surface area contributed by atoms with E-state index < -0.39 is 0 Å². The molecule has 1 N–H and O–H groups in total. The maximum Gasteiger partial charge on any atom is 0.124 e. The molecule has 0 aromatic heterocycles. The summed E-state index contributed by atoms with van der Waals surface area (Å²) in [6.07, 6.45) is 0.511. The number of aliphatic hydroxyl groups is 1. The topological polar surface area (TPSA) is 20.2 Å². The minimum Gasteiger partial charge on any atom is -0.393 e. The van der Waals surface area contributed by atoms with Gasteiger partial charge in [-0.15, -0.1) is 0 Å². The molecule has 2 atom stereocenters. The van der Waals surface area contributed by atoms with Gasteiger partial charge in [-0.2, -0.15) is 0 Å². The van der Waals surface area contributed by atoms with Crippen LogP contribution in [0.3, 0.4) is 0 Å². The van der Waals surface area contributed by atoms with E-state index >= 15 is 0 Å². The molecule has 0 amide bonds. The van der Waals surface area contributed by atoms with Crippen molar-refractivity contribution in [1.29, 1.82) is 0 Å². The van der Waals surface area contributed by atoms with Crippen LogP contribution in [0, 0.1) is 11.2 Å². The molecule has 0 radical (unpaired) electrons. The van der Waals surface area contributed by atoms with E-state index in [-0.39, 0.29) is 17.3 Å². The van der Waals surface area contributed by atoms with Crippen molar-refractivity contribution in [1.82, 2.24) is 0 Å². The summed E-state index contributed by atoms with van der Waals surface area (Å²) in [4.78, 5) is 0. The number of halogens is 2. The van der Waals surface area contributed by atoms with Crippen LogP contribution in [-0.2, 0) is 0 Å². The first-order chi connectivity index (χ1) is 6.93. The largest absolute Gasteiger partial charge is 0.393 e. The van der Waals surface area contributed by atoms with E-state index in [0.717, 1.165) is 16.5 Å². The number of hydrogen-bond donors (Lipinski definition) is 1. The molecule has 0 bridgehead atoms. The van der Waals surface area contributed by atoms with Crippen LogP contribution in [0.4, 0.5) is 4.39 Å². The molecule has 0 aliphatic heterocycles. The third kappa shape index (κ3) is 1.72. The van der Waals surface area contributed by atoms with Gasteiger partial charge in [0.2, 0.25) is 0 Å².